The summed E-state index contributed by atoms with van der Waals surface area (Å²) in [4.78, 5) is 34.3. The van der Waals surface area contributed by atoms with Crippen LogP contribution >= 0.6 is 11.8 Å². The predicted molar refractivity (Wildman–Crippen MR) is 74.0 cm³/mol. The molecule has 0 bridgehead atoms. The van der Waals surface area contributed by atoms with Crippen LogP contribution in [0.25, 0.3) is 0 Å². The van der Waals surface area contributed by atoms with E-state index in [1.54, 1.807) is 24.3 Å². The molecule has 0 aliphatic heterocycles. The number of amides is 1. The standard InChI is InChI=1S/C13H15NO5S/c1-20-9-4-2-8(3-5-9)12(17)14-10(13(18)19)6-7-11(15)16/h2-5,10H,6-7H2,1H3,(H,14,17)(H,15,16)(H,18,19). The van der Waals surface area contributed by atoms with Crippen LogP contribution in [0.1, 0.15) is 23.2 Å². The van der Waals surface area contributed by atoms with Gasteiger partial charge in [-0.2, -0.15) is 0 Å². The van der Waals surface area contributed by atoms with Crippen molar-refractivity contribution in [2.45, 2.75) is 23.8 Å². The molecule has 7 heteroatoms. The Bertz CT molecular complexity index is 500. The Hall–Kier alpha value is -2.02. The molecule has 0 heterocycles. The van der Waals surface area contributed by atoms with Crippen molar-refractivity contribution >= 4 is 29.6 Å². The van der Waals surface area contributed by atoms with Gasteiger partial charge < -0.3 is 15.5 Å². The van der Waals surface area contributed by atoms with E-state index in [2.05, 4.69) is 5.32 Å². The number of carbonyl (C=O) groups excluding carboxylic acids is 1. The average Bonchev–Trinajstić information content (AvgIpc) is 2.42. The highest BCUT2D eigenvalue weighted by atomic mass is 32.2. The molecule has 0 aliphatic rings. The highest BCUT2D eigenvalue weighted by Gasteiger charge is 2.21. The molecular formula is C13H15NO5S. The van der Waals surface area contributed by atoms with E-state index in [0.29, 0.717) is 5.56 Å². The Balaban J connectivity index is 2.69. The minimum Gasteiger partial charge on any atom is -0.481 e. The summed E-state index contributed by atoms with van der Waals surface area (Å²) < 4.78 is 0. The molecule has 0 spiro atoms. The van der Waals surface area contributed by atoms with E-state index in [9.17, 15) is 14.4 Å². The lowest BCUT2D eigenvalue weighted by molar-refractivity contribution is -0.140. The first kappa shape index (κ1) is 16.0. The molecule has 1 rings (SSSR count). The number of aliphatic carboxylic acids is 2. The van der Waals surface area contributed by atoms with Crippen molar-refractivity contribution in [3.05, 3.63) is 29.8 Å². The Morgan fingerprint density at radius 1 is 1.20 bits per heavy atom. The van der Waals surface area contributed by atoms with Crippen molar-refractivity contribution in [2.75, 3.05) is 6.26 Å². The fourth-order valence-electron chi connectivity index (χ4n) is 1.51. The maximum Gasteiger partial charge on any atom is 0.326 e. The summed E-state index contributed by atoms with van der Waals surface area (Å²) in [6.07, 6.45) is 1.43. The zero-order valence-corrected chi connectivity index (χ0v) is 11.6. The maximum absolute atomic E-state index is 11.9. The number of thioether (sulfide) groups is 1. The number of carboxylic acids is 2. The molecule has 6 nitrogen and oxygen atoms in total. The largest absolute Gasteiger partial charge is 0.481 e. The van der Waals surface area contributed by atoms with Crippen molar-refractivity contribution in [3.63, 3.8) is 0 Å². The Morgan fingerprint density at radius 3 is 2.25 bits per heavy atom. The third kappa shape index (κ3) is 4.93. The van der Waals surface area contributed by atoms with Gasteiger partial charge in [0.15, 0.2) is 0 Å². The van der Waals surface area contributed by atoms with Gasteiger partial charge in [0.05, 0.1) is 0 Å². The van der Waals surface area contributed by atoms with E-state index >= 15 is 0 Å². The Kier molecular flexibility index (Phi) is 6.05. The summed E-state index contributed by atoms with van der Waals surface area (Å²) in [5.74, 6) is -2.88. The highest BCUT2D eigenvalue weighted by Crippen LogP contribution is 2.15. The molecule has 1 atom stereocenters. The van der Waals surface area contributed by atoms with Gasteiger partial charge in [0.1, 0.15) is 6.04 Å². The highest BCUT2D eigenvalue weighted by molar-refractivity contribution is 7.98. The SMILES string of the molecule is CSc1ccc(C(=O)NC(CCC(=O)O)C(=O)O)cc1. The number of benzene rings is 1. The number of hydrogen-bond donors (Lipinski definition) is 3. The van der Waals surface area contributed by atoms with E-state index in [-0.39, 0.29) is 12.8 Å². The van der Waals surface area contributed by atoms with Gasteiger partial charge in [-0.15, -0.1) is 11.8 Å². The van der Waals surface area contributed by atoms with Gasteiger partial charge in [0.25, 0.3) is 5.91 Å². The summed E-state index contributed by atoms with van der Waals surface area (Å²) >= 11 is 1.53. The van der Waals surface area contributed by atoms with E-state index < -0.39 is 23.9 Å². The molecule has 0 radical (unpaired) electrons. The molecule has 20 heavy (non-hydrogen) atoms. The third-order valence-corrected chi connectivity index (χ3v) is 3.35. The van der Waals surface area contributed by atoms with Crippen molar-refractivity contribution in [1.29, 1.82) is 0 Å². The third-order valence-electron chi connectivity index (χ3n) is 2.60. The molecule has 1 unspecified atom stereocenters. The monoisotopic (exact) mass is 297 g/mol. The number of nitrogens with one attached hydrogen (secondary N) is 1. The average molecular weight is 297 g/mol. The van der Waals surface area contributed by atoms with E-state index in [1.165, 1.54) is 11.8 Å². The lowest BCUT2D eigenvalue weighted by Crippen LogP contribution is -2.41. The van der Waals surface area contributed by atoms with Crippen LogP contribution in [0.5, 0.6) is 0 Å². The Morgan fingerprint density at radius 2 is 1.80 bits per heavy atom. The first-order valence-corrected chi connectivity index (χ1v) is 7.06. The van der Waals surface area contributed by atoms with Crippen molar-refractivity contribution in [1.82, 2.24) is 5.32 Å². The lowest BCUT2D eigenvalue weighted by atomic mass is 10.1. The molecule has 0 aromatic heterocycles. The second-order valence-electron chi connectivity index (χ2n) is 4.03. The van der Waals surface area contributed by atoms with Crippen LogP contribution in [-0.2, 0) is 9.59 Å². The summed E-state index contributed by atoms with van der Waals surface area (Å²) in [7, 11) is 0. The lowest BCUT2D eigenvalue weighted by Gasteiger charge is -2.13. The van der Waals surface area contributed by atoms with Gasteiger partial charge in [0.2, 0.25) is 0 Å². The van der Waals surface area contributed by atoms with Gasteiger partial charge in [-0.25, -0.2) is 4.79 Å². The first-order chi connectivity index (χ1) is 9.43. The van der Waals surface area contributed by atoms with Gasteiger partial charge in [-0.3, -0.25) is 9.59 Å². The molecule has 3 N–H and O–H groups in total. The number of hydrogen-bond acceptors (Lipinski definition) is 4. The second kappa shape index (κ2) is 7.54. The summed E-state index contributed by atoms with van der Waals surface area (Å²) in [6, 6.07) is 5.49. The fraction of sp³-hybridized carbons (Fsp3) is 0.308. The van der Waals surface area contributed by atoms with Crippen LogP contribution in [0.4, 0.5) is 0 Å². The molecule has 1 aromatic rings. The van der Waals surface area contributed by atoms with Gasteiger partial charge in [0, 0.05) is 16.9 Å². The van der Waals surface area contributed by atoms with Crippen LogP contribution in [0, 0.1) is 0 Å². The van der Waals surface area contributed by atoms with Gasteiger partial charge >= 0.3 is 11.9 Å². The number of rotatable bonds is 7. The van der Waals surface area contributed by atoms with Gasteiger partial charge in [-0.05, 0) is 36.9 Å². The smallest absolute Gasteiger partial charge is 0.326 e. The van der Waals surface area contributed by atoms with Gasteiger partial charge in [-0.1, -0.05) is 0 Å². The Labute approximate surface area is 120 Å². The van der Waals surface area contributed by atoms with Crippen molar-refractivity contribution in [2.24, 2.45) is 0 Å². The fourth-order valence-corrected chi connectivity index (χ4v) is 1.92. The molecule has 0 fully saturated rings. The quantitative estimate of drug-likeness (QED) is 0.658. The van der Waals surface area contributed by atoms with E-state index in [4.69, 9.17) is 10.2 Å². The van der Waals surface area contributed by atoms with Crippen LogP contribution in [-0.4, -0.2) is 40.4 Å². The zero-order valence-electron chi connectivity index (χ0n) is 10.8. The number of carboxylic acid groups (broad SMARTS) is 2. The van der Waals surface area contributed by atoms with Crippen molar-refractivity contribution < 1.29 is 24.6 Å². The number of carbonyl (C=O) groups is 3. The molecule has 1 aromatic carbocycles. The van der Waals surface area contributed by atoms with Crippen LogP contribution in [0.2, 0.25) is 0 Å². The molecule has 0 saturated heterocycles. The molecule has 0 saturated carbocycles. The summed E-state index contributed by atoms with van der Waals surface area (Å²) in [5.41, 5.74) is 0.337. The predicted octanol–water partition coefficient (Wildman–Crippen LogP) is 1.46. The molecule has 0 aliphatic carbocycles. The summed E-state index contributed by atoms with van der Waals surface area (Å²) in [5, 5.41) is 19.8. The minimum absolute atomic E-state index is 0.153. The maximum atomic E-state index is 11.9. The van der Waals surface area contributed by atoms with E-state index in [1.807, 2.05) is 6.26 Å². The second-order valence-corrected chi connectivity index (χ2v) is 4.90. The zero-order chi connectivity index (χ0) is 15.1. The van der Waals surface area contributed by atoms with Crippen LogP contribution in [0.15, 0.2) is 29.2 Å². The summed E-state index contributed by atoms with van der Waals surface area (Å²) in [6.45, 7) is 0. The van der Waals surface area contributed by atoms with Crippen molar-refractivity contribution in [3.8, 4) is 0 Å². The molecule has 1 amide bonds. The van der Waals surface area contributed by atoms with Crippen LogP contribution < -0.4 is 5.32 Å². The molecule has 108 valence electrons. The van der Waals surface area contributed by atoms with E-state index in [0.717, 1.165) is 4.90 Å². The normalized spacial score (nSPS) is 11.7. The minimum atomic E-state index is -1.25. The molecular weight excluding hydrogens is 282 g/mol. The first-order valence-electron chi connectivity index (χ1n) is 5.83. The van der Waals surface area contributed by atoms with Crippen LogP contribution in [0.3, 0.4) is 0 Å². The topological polar surface area (TPSA) is 104 Å².